The molecular formula is C22H32N4OS. The topological polar surface area (TPSA) is 48.9 Å². The number of likely N-dealkylation sites (tertiary alicyclic amines) is 1. The Kier molecular flexibility index (Phi) is 8.18. The van der Waals surface area contributed by atoms with Crippen LogP contribution in [0.4, 0.5) is 0 Å². The number of nitrogens with one attached hydrogen (secondary N) is 2. The summed E-state index contributed by atoms with van der Waals surface area (Å²) in [6.07, 6.45) is 3.51. The lowest BCUT2D eigenvalue weighted by Crippen LogP contribution is -2.43. The standard InChI is InChI=1S/C22H32N4OS/c1-23-22(24-12-9-21-4-3-15-28-21)25-16-18-10-13-26(14-11-18)17-19-5-7-20(27-2)8-6-19/h3-8,15,18H,9-14,16-17H2,1-2H3,(H2,23,24,25). The highest BCUT2D eigenvalue weighted by Crippen LogP contribution is 2.19. The fraction of sp³-hybridized carbons (Fsp3) is 0.500. The number of methoxy groups -OCH3 is 1. The maximum absolute atomic E-state index is 5.24. The van der Waals surface area contributed by atoms with Gasteiger partial charge in [-0.2, -0.15) is 0 Å². The van der Waals surface area contributed by atoms with Gasteiger partial charge in [-0.3, -0.25) is 9.89 Å². The summed E-state index contributed by atoms with van der Waals surface area (Å²) in [5, 5.41) is 9.06. The second kappa shape index (κ2) is 11.1. The molecule has 1 aliphatic rings. The zero-order chi connectivity index (χ0) is 19.6. The van der Waals surface area contributed by atoms with Crippen LogP contribution in [0.25, 0.3) is 0 Å². The molecule has 0 spiro atoms. The van der Waals surface area contributed by atoms with Crippen LogP contribution in [-0.2, 0) is 13.0 Å². The number of piperidine rings is 1. The van der Waals surface area contributed by atoms with E-state index in [1.54, 1.807) is 7.11 Å². The number of hydrogen-bond acceptors (Lipinski definition) is 4. The van der Waals surface area contributed by atoms with Crippen LogP contribution in [0.2, 0.25) is 0 Å². The lowest BCUT2D eigenvalue weighted by Gasteiger charge is -2.32. The fourth-order valence-electron chi connectivity index (χ4n) is 3.56. The Morgan fingerprint density at radius 3 is 2.61 bits per heavy atom. The lowest BCUT2D eigenvalue weighted by atomic mass is 9.96. The van der Waals surface area contributed by atoms with Crippen molar-refractivity contribution in [2.45, 2.75) is 25.8 Å². The molecule has 1 aromatic heterocycles. The number of aliphatic imine (C=N–C) groups is 1. The average molecular weight is 401 g/mol. The molecule has 0 radical (unpaired) electrons. The van der Waals surface area contributed by atoms with Gasteiger partial charge in [0.2, 0.25) is 0 Å². The van der Waals surface area contributed by atoms with E-state index in [0.717, 1.165) is 50.9 Å². The zero-order valence-electron chi connectivity index (χ0n) is 17.0. The van der Waals surface area contributed by atoms with Gasteiger partial charge in [0.25, 0.3) is 0 Å². The minimum Gasteiger partial charge on any atom is -0.497 e. The summed E-state index contributed by atoms with van der Waals surface area (Å²) in [6.45, 7) is 5.25. The molecule has 0 bridgehead atoms. The van der Waals surface area contributed by atoms with Crippen LogP contribution < -0.4 is 15.4 Å². The highest BCUT2D eigenvalue weighted by Gasteiger charge is 2.19. The number of rotatable bonds is 8. The van der Waals surface area contributed by atoms with Gasteiger partial charge in [-0.05, 0) is 67.4 Å². The fourth-order valence-corrected chi connectivity index (χ4v) is 4.27. The van der Waals surface area contributed by atoms with Crippen molar-refractivity contribution in [1.29, 1.82) is 0 Å². The second-order valence-corrected chi connectivity index (χ2v) is 8.31. The summed E-state index contributed by atoms with van der Waals surface area (Å²) < 4.78 is 5.24. The number of benzene rings is 1. The van der Waals surface area contributed by atoms with E-state index in [-0.39, 0.29) is 0 Å². The molecule has 5 nitrogen and oxygen atoms in total. The summed E-state index contributed by atoms with van der Waals surface area (Å²) in [5.74, 6) is 2.55. The van der Waals surface area contributed by atoms with Gasteiger partial charge < -0.3 is 15.4 Å². The van der Waals surface area contributed by atoms with Gasteiger partial charge in [-0.15, -0.1) is 11.3 Å². The van der Waals surface area contributed by atoms with E-state index in [2.05, 4.69) is 50.2 Å². The minimum absolute atomic E-state index is 0.711. The summed E-state index contributed by atoms with van der Waals surface area (Å²) >= 11 is 1.81. The van der Waals surface area contributed by atoms with Gasteiger partial charge >= 0.3 is 0 Å². The van der Waals surface area contributed by atoms with E-state index in [1.165, 1.54) is 23.3 Å². The van der Waals surface area contributed by atoms with E-state index in [0.29, 0.717) is 5.92 Å². The quantitative estimate of drug-likeness (QED) is 0.527. The number of ether oxygens (including phenoxy) is 1. The predicted octanol–water partition coefficient (Wildman–Crippen LogP) is 3.38. The molecule has 1 aliphatic heterocycles. The van der Waals surface area contributed by atoms with Crippen LogP contribution in [0.1, 0.15) is 23.3 Å². The van der Waals surface area contributed by atoms with Crippen molar-refractivity contribution in [1.82, 2.24) is 15.5 Å². The molecule has 3 rings (SSSR count). The Hall–Kier alpha value is -2.05. The van der Waals surface area contributed by atoms with E-state index in [9.17, 15) is 0 Å². The highest BCUT2D eigenvalue weighted by molar-refractivity contribution is 7.09. The molecule has 0 atom stereocenters. The Bertz CT molecular complexity index is 707. The zero-order valence-corrected chi connectivity index (χ0v) is 17.8. The van der Waals surface area contributed by atoms with Crippen LogP contribution in [0, 0.1) is 5.92 Å². The first kappa shape index (κ1) is 20.7. The summed E-state index contributed by atoms with van der Waals surface area (Å²) in [6, 6.07) is 12.7. The molecule has 0 amide bonds. The van der Waals surface area contributed by atoms with E-state index in [1.807, 2.05) is 30.5 Å². The first-order valence-corrected chi connectivity index (χ1v) is 11.0. The normalized spacial score (nSPS) is 16.1. The summed E-state index contributed by atoms with van der Waals surface area (Å²) in [4.78, 5) is 8.31. The van der Waals surface area contributed by atoms with Crippen LogP contribution in [-0.4, -0.2) is 51.2 Å². The SMILES string of the molecule is CN=C(NCCc1cccs1)NCC1CCN(Cc2ccc(OC)cc2)CC1. The van der Waals surface area contributed by atoms with Gasteiger partial charge in [-0.25, -0.2) is 0 Å². The Morgan fingerprint density at radius 2 is 1.96 bits per heavy atom. The van der Waals surface area contributed by atoms with Gasteiger partial charge in [0.15, 0.2) is 5.96 Å². The molecule has 6 heteroatoms. The highest BCUT2D eigenvalue weighted by atomic mass is 32.1. The number of hydrogen-bond donors (Lipinski definition) is 2. The van der Waals surface area contributed by atoms with Crippen molar-refractivity contribution in [2.24, 2.45) is 10.9 Å². The van der Waals surface area contributed by atoms with E-state index >= 15 is 0 Å². The van der Waals surface area contributed by atoms with Crippen molar-refractivity contribution in [3.63, 3.8) is 0 Å². The Balaban J connectivity index is 1.32. The van der Waals surface area contributed by atoms with Crippen molar-refractivity contribution < 1.29 is 4.74 Å². The first-order valence-electron chi connectivity index (χ1n) is 10.1. The third-order valence-electron chi connectivity index (χ3n) is 5.30. The van der Waals surface area contributed by atoms with Crippen molar-refractivity contribution >= 4 is 17.3 Å². The van der Waals surface area contributed by atoms with Gasteiger partial charge in [0, 0.05) is 31.6 Å². The van der Waals surface area contributed by atoms with Gasteiger partial charge in [0.1, 0.15) is 5.75 Å². The van der Waals surface area contributed by atoms with Gasteiger partial charge in [-0.1, -0.05) is 18.2 Å². The van der Waals surface area contributed by atoms with Crippen molar-refractivity contribution in [3.8, 4) is 5.75 Å². The summed E-state index contributed by atoms with van der Waals surface area (Å²) in [7, 11) is 3.56. The minimum atomic E-state index is 0.711. The second-order valence-electron chi connectivity index (χ2n) is 7.28. The average Bonchev–Trinajstić information content (AvgIpc) is 3.26. The Morgan fingerprint density at radius 1 is 1.18 bits per heavy atom. The molecule has 0 unspecified atom stereocenters. The molecule has 152 valence electrons. The third kappa shape index (κ3) is 6.53. The molecule has 2 N–H and O–H groups in total. The van der Waals surface area contributed by atoms with Crippen LogP contribution in [0.5, 0.6) is 5.75 Å². The Labute approximate surface area is 172 Å². The first-order chi connectivity index (χ1) is 13.8. The smallest absolute Gasteiger partial charge is 0.190 e. The van der Waals surface area contributed by atoms with E-state index in [4.69, 9.17) is 4.74 Å². The molecule has 2 heterocycles. The molecule has 1 aromatic carbocycles. The molecular weight excluding hydrogens is 368 g/mol. The summed E-state index contributed by atoms with van der Waals surface area (Å²) in [5.41, 5.74) is 1.35. The third-order valence-corrected chi connectivity index (χ3v) is 6.23. The lowest BCUT2D eigenvalue weighted by molar-refractivity contribution is 0.178. The molecule has 1 saturated heterocycles. The van der Waals surface area contributed by atoms with Crippen LogP contribution in [0.15, 0.2) is 46.8 Å². The molecule has 1 fully saturated rings. The number of nitrogens with zero attached hydrogens (tertiary/aromatic N) is 2. The largest absolute Gasteiger partial charge is 0.497 e. The molecule has 0 aliphatic carbocycles. The van der Waals surface area contributed by atoms with Crippen LogP contribution >= 0.6 is 11.3 Å². The number of guanidine groups is 1. The number of thiophene rings is 1. The molecule has 28 heavy (non-hydrogen) atoms. The maximum atomic E-state index is 5.24. The van der Waals surface area contributed by atoms with E-state index < -0.39 is 0 Å². The molecule has 0 saturated carbocycles. The van der Waals surface area contributed by atoms with Gasteiger partial charge in [0.05, 0.1) is 7.11 Å². The molecule has 2 aromatic rings. The van der Waals surface area contributed by atoms with Crippen LogP contribution in [0.3, 0.4) is 0 Å². The van der Waals surface area contributed by atoms with Crippen molar-refractivity contribution in [3.05, 3.63) is 52.2 Å². The maximum Gasteiger partial charge on any atom is 0.190 e. The predicted molar refractivity (Wildman–Crippen MR) is 118 cm³/mol. The monoisotopic (exact) mass is 400 g/mol. The van der Waals surface area contributed by atoms with Crippen molar-refractivity contribution in [2.75, 3.05) is 40.3 Å².